The molecule has 0 fully saturated rings. The Morgan fingerprint density at radius 2 is 1.15 bits per heavy atom. The number of carbonyl (C=O) groups excluding carboxylic acids is 2. The third-order valence-electron chi connectivity index (χ3n) is 4.86. The van der Waals surface area contributed by atoms with Crippen molar-refractivity contribution in [3.8, 4) is 6.07 Å². The summed E-state index contributed by atoms with van der Waals surface area (Å²) in [5.41, 5.74) is -1.49. The predicted molar refractivity (Wildman–Crippen MR) is 99.2 cm³/mol. The fourth-order valence-corrected chi connectivity index (χ4v) is 3.70. The van der Waals surface area contributed by atoms with Crippen molar-refractivity contribution in [3.63, 3.8) is 0 Å². The molecular formula is C17H7ClF16N2O3S. The number of amides is 1. The second-order valence-corrected chi connectivity index (χ2v) is 8.83. The standard InChI is InChI=1S/C17H7ClF16N2O3S/c1-4-5(3-35)7(40-6(4)8(37)39-2)36-9(38)10(19,20)11(21,22)12(23,24)13(25,26)14(27,28)15(29,30)16(31,32)17(18,33)34/h1-2H3,(H,36,38). The molecule has 0 aromatic carbocycles. The number of carbonyl (C=O) groups is 2. The van der Waals surface area contributed by atoms with Crippen LogP contribution in [0.25, 0.3) is 0 Å². The van der Waals surface area contributed by atoms with Crippen LogP contribution in [0.3, 0.4) is 0 Å². The quantitative estimate of drug-likeness (QED) is 0.168. The Morgan fingerprint density at radius 3 is 1.50 bits per heavy atom. The van der Waals surface area contributed by atoms with Crippen LogP contribution in [0.2, 0.25) is 0 Å². The van der Waals surface area contributed by atoms with E-state index in [-0.39, 0.29) is 11.3 Å². The number of rotatable bonds is 10. The second-order valence-electron chi connectivity index (χ2n) is 7.34. The van der Waals surface area contributed by atoms with Gasteiger partial charge in [0.25, 0.3) is 0 Å². The fourth-order valence-electron chi connectivity index (χ4n) is 2.51. The number of hydrogen-bond acceptors (Lipinski definition) is 5. The average molecular weight is 659 g/mol. The summed E-state index contributed by atoms with van der Waals surface area (Å²) in [7, 11) is 0.728. The van der Waals surface area contributed by atoms with Gasteiger partial charge in [-0.05, 0) is 24.1 Å². The highest BCUT2D eigenvalue weighted by Gasteiger charge is 2.95. The molecule has 40 heavy (non-hydrogen) atoms. The summed E-state index contributed by atoms with van der Waals surface area (Å²) in [6.07, 6.45) is 0. The summed E-state index contributed by atoms with van der Waals surface area (Å²) >= 11 is 3.22. The molecule has 0 aliphatic carbocycles. The van der Waals surface area contributed by atoms with Gasteiger partial charge in [0.15, 0.2) is 0 Å². The van der Waals surface area contributed by atoms with Crippen molar-refractivity contribution in [2.24, 2.45) is 0 Å². The molecule has 0 saturated heterocycles. The zero-order valence-corrected chi connectivity index (χ0v) is 20.1. The van der Waals surface area contributed by atoms with Gasteiger partial charge in [0, 0.05) is 0 Å². The summed E-state index contributed by atoms with van der Waals surface area (Å²) in [6, 6.07) is 1.14. The maximum atomic E-state index is 14.1. The Kier molecular flexibility index (Phi) is 8.82. The van der Waals surface area contributed by atoms with Crippen LogP contribution >= 0.6 is 22.9 Å². The Bertz CT molecular complexity index is 1220. The Balaban J connectivity index is 3.67. The lowest BCUT2D eigenvalue weighted by Gasteiger charge is -2.42. The number of halogens is 17. The van der Waals surface area contributed by atoms with Gasteiger partial charge in [-0.15, -0.1) is 11.3 Å². The minimum Gasteiger partial charge on any atom is -0.465 e. The summed E-state index contributed by atoms with van der Waals surface area (Å²) in [5.74, 6) is -63.0. The number of thiophene rings is 1. The van der Waals surface area contributed by atoms with Crippen molar-refractivity contribution >= 4 is 39.8 Å². The summed E-state index contributed by atoms with van der Waals surface area (Å²) in [5, 5.41) is 1.40. The first kappa shape index (κ1) is 35.3. The van der Waals surface area contributed by atoms with E-state index < -0.39 is 79.7 Å². The van der Waals surface area contributed by atoms with Crippen LogP contribution < -0.4 is 5.32 Å². The van der Waals surface area contributed by atoms with Crippen LogP contribution in [0.1, 0.15) is 20.8 Å². The monoisotopic (exact) mass is 658 g/mol. The first-order valence-electron chi connectivity index (χ1n) is 9.12. The summed E-state index contributed by atoms with van der Waals surface area (Å²) in [6.45, 7) is 0.876. The third-order valence-corrected chi connectivity index (χ3v) is 6.29. The molecule has 0 spiro atoms. The number of anilines is 1. The molecule has 5 nitrogen and oxygen atoms in total. The number of esters is 1. The van der Waals surface area contributed by atoms with Crippen molar-refractivity contribution in [2.45, 2.75) is 53.8 Å². The lowest BCUT2D eigenvalue weighted by Crippen LogP contribution is -2.75. The highest BCUT2D eigenvalue weighted by molar-refractivity contribution is 7.18. The first-order chi connectivity index (χ1) is 17.5. The molecule has 0 aliphatic rings. The van der Waals surface area contributed by atoms with Gasteiger partial charge in [0.2, 0.25) is 0 Å². The van der Waals surface area contributed by atoms with E-state index in [1.54, 1.807) is 0 Å². The third kappa shape index (κ3) is 4.67. The Morgan fingerprint density at radius 1 is 0.775 bits per heavy atom. The molecule has 1 amide bonds. The number of nitriles is 1. The van der Waals surface area contributed by atoms with Gasteiger partial charge in [-0.3, -0.25) is 4.79 Å². The molecule has 1 rings (SSSR count). The first-order valence-corrected chi connectivity index (χ1v) is 10.3. The fraction of sp³-hybridized carbons (Fsp3) is 0.588. The lowest BCUT2D eigenvalue weighted by atomic mass is 9.89. The number of nitrogens with zero attached hydrogens (tertiary/aromatic N) is 1. The Labute approximate surface area is 218 Å². The molecule has 0 bridgehead atoms. The van der Waals surface area contributed by atoms with Crippen molar-refractivity contribution in [2.75, 3.05) is 12.4 Å². The SMILES string of the molecule is COC(=O)c1sc(NC(=O)C(F)(F)C(F)(F)C(F)(F)C(F)(F)C(F)(F)C(F)(F)C(F)(F)C(F)(F)Cl)c(C#N)c1C. The van der Waals surface area contributed by atoms with E-state index in [0.29, 0.717) is 5.32 Å². The average Bonchev–Trinajstić information content (AvgIpc) is 3.11. The van der Waals surface area contributed by atoms with E-state index >= 15 is 0 Å². The number of nitrogens with one attached hydrogen (secondary N) is 1. The van der Waals surface area contributed by atoms with Crippen LogP contribution in [0.15, 0.2) is 0 Å². The van der Waals surface area contributed by atoms with Crippen LogP contribution in [-0.4, -0.2) is 65.8 Å². The van der Waals surface area contributed by atoms with Crippen molar-refractivity contribution in [3.05, 3.63) is 16.0 Å². The molecule has 0 radical (unpaired) electrons. The van der Waals surface area contributed by atoms with Crippen LogP contribution in [0.5, 0.6) is 0 Å². The molecule has 0 saturated carbocycles. The summed E-state index contributed by atoms with van der Waals surface area (Å²) < 4.78 is 221. The lowest BCUT2D eigenvalue weighted by molar-refractivity contribution is -0.445. The van der Waals surface area contributed by atoms with Gasteiger partial charge in [0.1, 0.15) is 15.9 Å². The van der Waals surface area contributed by atoms with Crippen molar-refractivity contribution < 1.29 is 84.6 Å². The van der Waals surface area contributed by atoms with Gasteiger partial charge in [-0.25, -0.2) is 4.79 Å². The molecule has 0 unspecified atom stereocenters. The second kappa shape index (κ2) is 9.99. The molecular weight excluding hydrogens is 652 g/mol. The van der Waals surface area contributed by atoms with E-state index in [2.05, 4.69) is 16.3 Å². The van der Waals surface area contributed by atoms with E-state index in [4.69, 9.17) is 5.26 Å². The maximum absolute atomic E-state index is 14.1. The molecule has 1 heterocycles. The van der Waals surface area contributed by atoms with Crippen LogP contribution in [0.4, 0.5) is 75.2 Å². The largest absolute Gasteiger partial charge is 0.465 e. The molecule has 228 valence electrons. The minimum atomic E-state index is -8.74. The summed E-state index contributed by atoms with van der Waals surface area (Å²) in [4.78, 5) is 22.6. The van der Waals surface area contributed by atoms with E-state index in [0.717, 1.165) is 20.1 Å². The maximum Gasteiger partial charge on any atom is 0.393 e. The van der Waals surface area contributed by atoms with Crippen molar-refractivity contribution in [1.82, 2.24) is 0 Å². The number of methoxy groups -OCH3 is 1. The van der Waals surface area contributed by atoms with Crippen LogP contribution in [0, 0.1) is 18.3 Å². The molecule has 0 atom stereocenters. The smallest absolute Gasteiger partial charge is 0.393 e. The van der Waals surface area contributed by atoms with Gasteiger partial charge in [0.05, 0.1) is 12.7 Å². The number of ether oxygens (including phenoxy) is 1. The van der Waals surface area contributed by atoms with Gasteiger partial charge in [-0.1, -0.05) is 0 Å². The molecule has 1 N–H and O–H groups in total. The van der Waals surface area contributed by atoms with Gasteiger partial charge >= 0.3 is 58.7 Å². The topological polar surface area (TPSA) is 79.2 Å². The molecule has 1 aromatic heterocycles. The Hall–Kier alpha value is -2.70. The highest BCUT2D eigenvalue weighted by atomic mass is 35.5. The predicted octanol–water partition coefficient (Wildman–Crippen LogP) is 6.93. The van der Waals surface area contributed by atoms with E-state index in [1.165, 1.54) is 0 Å². The number of hydrogen-bond donors (Lipinski definition) is 1. The zero-order valence-electron chi connectivity index (χ0n) is 18.5. The van der Waals surface area contributed by atoms with Crippen LogP contribution in [-0.2, 0) is 9.53 Å². The number of alkyl halides is 17. The highest BCUT2D eigenvalue weighted by Crippen LogP contribution is 2.64. The zero-order chi connectivity index (χ0) is 32.3. The van der Waals surface area contributed by atoms with Gasteiger partial charge < -0.3 is 10.1 Å². The minimum absolute atomic E-state index is 0.205. The van der Waals surface area contributed by atoms with E-state index in [1.807, 2.05) is 0 Å². The van der Waals surface area contributed by atoms with Gasteiger partial charge in [-0.2, -0.15) is 75.5 Å². The molecule has 1 aromatic rings. The molecule has 0 aliphatic heterocycles. The van der Waals surface area contributed by atoms with Crippen molar-refractivity contribution in [1.29, 1.82) is 5.26 Å². The molecule has 23 heteroatoms. The normalized spacial score (nSPS) is 14.6. The van der Waals surface area contributed by atoms with E-state index in [9.17, 15) is 79.8 Å².